The van der Waals surface area contributed by atoms with Gasteiger partial charge in [-0.1, -0.05) is 12.1 Å². The minimum Gasteiger partial charge on any atom is -0.440 e. The summed E-state index contributed by atoms with van der Waals surface area (Å²) >= 11 is 0. The van der Waals surface area contributed by atoms with Crippen LogP contribution in [0.2, 0.25) is 0 Å². The lowest BCUT2D eigenvalue weighted by atomic mass is 9.78. The van der Waals surface area contributed by atoms with E-state index in [1.54, 1.807) is 12.1 Å². The Labute approximate surface area is 289 Å². The average Bonchev–Trinajstić information content (AvgIpc) is 3.70. The first kappa shape index (κ1) is 35.9. The molecule has 0 aliphatic carbocycles. The van der Waals surface area contributed by atoms with Gasteiger partial charge in [0.25, 0.3) is 0 Å². The highest BCUT2D eigenvalue weighted by atomic mass is 19.1. The summed E-state index contributed by atoms with van der Waals surface area (Å²) < 4.78 is 74.8. The molecule has 17 heteroatoms. The SMILES string of the molecule is CC1(C)OB(c2ccc(N3C[C@H](COC(=O)OC[C@H]4CN(c5ccc(B6OC(C)(C)C(C)(C)O6)c(F)c5)C(=O)O4)OC3=O)cc2F)OC1(C)C. The van der Waals surface area contributed by atoms with Gasteiger partial charge in [0.2, 0.25) is 0 Å². The molecule has 6 rings (SSSR count). The van der Waals surface area contributed by atoms with Gasteiger partial charge in [-0.2, -0.15) is 0 Å². The quantitative estimate of drug-likeness (QED) is 0.225. The van der Waals surface area contributed by atoms with Crippen molar-refractivity contribution in [1.82, 2.24) is 0 Å². The molecule has 2 aromatic rings. The number of carbonyl (C=O) groups is 3. The van der Waals surface area contributed by atoms with Crippen molar-refractivity contribution in [2.45, 2.75) is 90.0 Å². The van der Waals surface area contributed by atoms with Gasteiger partial charge in [0.05, 0.1) is 46.9 Å². The first-order chi connectivity index (χ1) is 23.3. The average molecular weight is 700 g/mol. The maximum atomic E-state index is 15.1. The molecule has 4 heterocycles. The van der Waals surface area contributed by atoms with E-state index in [2.05, 4.69) is 0 Å². The summed E-state index contributed by atoms with van der Waals surface area (Å²) in [7, 11) is -1.82. The van der Waals surface area contributed by atoms with Crippen molar-refractivity contribution in [3.05, 3.63) is 48.0 Å². The second-order valence-corrected chi connectivity index (χ2v) is 14.7. The summed E-state index contributed by atoms with van der Waals surface area (Å²) in [6.07, 6.45) is -4.27. The van der Waals surface area contributed by atoms with Crippen LogP contribution in [0.5, 0.6) is 0 Å². The number of benzene rings is 2. The minimum atomic E-state index is -1.08. The molecule has 2 atom stereocenters. The van der Waals surface area contributed by atoms with Crippen LogP contribution in [-0.2, 0) is 37.6 Å². The van der Waals surface area contributed by atoms with Crippen molar-refractivity contribution in [1.29, 1.82) is 0 Å². The zero-order valence-electron chi connectivity index (χ0n) is 29.2. The fourth-order valence-electron chi connectivity index (χ4n) is 5.69. The van der Waals surface area contributed by atoms with E-state index >= 15 is 8.78 Å². The summed E-state index contributed by atoms with van der Waals surface area (Å²) in [6, 6.07) is 8.46. The number of hydrogen-bond donors (Lipinski definition) is 0. The van der Waals surface area contributed by atoms with Gasteiger partial charge in [0.15, 0.2) is 12.2 Å². The Morgan fingerprint density at radius 2 is 1.02 bits per heavy atom. The molecule has 50 heavy (non-hydrogen) atoms. The monoisotopic (exact) mass is 700 g/mol. The van der Waals surface area contributed by atoms with E-state index in [-0.39, 0.29) is 48.6 Å². The zero-order chi connectivity index (χ0) is 36.4. The highest BCUT2D eigenvalue weighted by Gasteiger charge is 2.53. The molecule has 4 aliphatic rings. The minimum absolute atomic E-state index is 0.0134. The molecular weight excluding hydrogens is 660 g/mol. The van der Waals surface area contributed by atoms with Crippen LogP contribution in [0.15, 0.2) is 36.4 Å². The number of cyclic esters (lactones) is 2. The number of nitrogens with zero attached hydrogens (tertiary/aromatic N) is 2. The fraction of sp³-hybridized carbons (Fsp3) is 0.545. The molecule has 4 saturated heterocycles. The van der Waals surface area contributed by atoms with Crippen LogP contribution in [0.25, 0.3) is 0 Å². The van der Waals surface area contributed by atoms with E-state index in [0.29, 0.717) is 0 Å². The number of ether oxygens (including phenoxy) is 4. The van der Waals surface area contributed by atoms with Gasteiger partial charge in [0, 0.05) is 10.9 Å². The lowest BCUT2D eigenvalue weighted by Crippen LogP contribution is -2.41. The fourth-order valence-corrected chi connectivity index (χ4v) is 5.69. The zero-order valence-corrected chi connectivity index (χ0v) is 29.2. The predicted molar refractivity (Wildman–Crippen MR) is 177 cm³/mol. The number of amides is 2. The van der Waals surface area contributed by atoms with Crippen molar-refractivity contribution >= 4 is 54.9 Å². The summed E-state index contributed by atoms with van der Waals surface area (Å²) in [5, 5.41) is 0. The molecule has 0 aromatic heterocycles. The lowest BCUT2D eigenvalue weighted by molar-refractivity contribution is 0.00578. The second kappa shape index (κ2) is 12.7. The first-order valence-corrected chi connectivity index (χ1v) is 16.3. The molecule has 4 fully saturated rings. The summed E-state index contributed by atoms with van der Waals surface area (Å²) in [5.74, 6) is -1.24. The Morgan fingerprint density at radius 3 is 1.34 bits per heavy atom. The van der Waals surface area contributed by atoms with Crippen LogP contribution in [0.3, 0.4) is 0 Å². The summed E-state index contributed by atoms with van der Waals surface area (Å²) in [5.41, 5.74) is -1.72. The number of rotatable bonds is 8. The Morgan fingerprint density at radius 1 is 0.680 bits per heavy atom. The number of halogens is 2. The molecule has 0 radical (unpaired) electrons. The number of hydrogen-bond acceptors (Lipinski definition) is 11. The number of anilines is 2. The highest BCUT2D eigenvalue weighted by Crippen LogP contribution is 2.38. The molecule has 0 saturated carbocycles. The topological polar surface area (TPSA) is 132 Å². The van der Waals surface area contributed by atoms with Gasteiger partial charge in [-0.25, -0.2) is 23.2 Å². The third-order valence-corrected chi connectivity index (χ3v) is 10.1. The Bertz CT molecular complexity index is 1540. The van der Waals surface area contributed by atoms with E-state index in [1.807, 2.05) is 55.4 Å². The van der Waals surface area contributed by atoms with E-state index < -0.39 is 78.8 Å². The third-order valence-electron chi connectivity index (χ3n) is 10.1. The molecule has 2 aromatic carbocycles. The van der Waals surface area contributed by atoms with Crippen LogP contribution < -0.4 is 20.7 Å². The molecule has 0 unspecified atom stereocenters. The van der Waals surface area contributed by atoms with E-state index in [9.17, 15) is 14.4 Å². The summed E-state index contributed by atoms with van der Waals surface area (Å²) in [4.78, 5) is 39.9. The van der Waals surface area contributed by atoms with Gasteiger partial charge < -0.3 is 37.6 Å². The maximum Gasteiger partial charge on any atom is 0.508 e. The Kier molecular flexibility index (Phi) is 9.11. The van der Waals surface area contributed by atoms with Crippen LogP contribution in [-0.4, -0.2) is 93.5 Å². The van der Waals surface area contributed by atoms with Crippen molar-refractivity contribution in [3.8, 4) is 0 Å². The third kappa shape index (κ3) is 6.75. The second-order valence-electron chi connectivity index (χ2n) is 14.7. The highest BCUT2D eigenvalue weighted by molar-refractivity contribution is 6.62. The van der Waals surface area contributed by atoms with Crippen LogP contribution in [0.4, 0.5) is 34.5 Å². The molecule has 13 nitrogen and oxygen atoms in total. The molecular formula is C33H40B2F2N2O11. The van der Waals surface area contributed by atoms with Gasteiger partial charge in [-0.15, -0.1) is 0 Å². The normalized spacial score (nSPS) is 24.8. The molecule has 2 amide bonds. The molecule has 0 N–H and O–H groups in total. The number of carbonyl (C=O) groups excluding carboxylic acids is 3. The Balaban J connectivity index is 0.965. The standard InChI is InChI=1S/C33H40B2F2N2O11/c1-30(2)31(3,4)48-34(47-30)23-11-9-19(13-25(23)36)38-15-21(45-27(38)40)17-43-29(42)44-18-22-16-39(28(41)46-22)20-10-12-24(26(37)14-20)35-49-32(5,6)33(7,8)50-35/h9-14,21-22H,15-18H2,1-8H3/t21-,22-/m1/s1. The Hall–Kier alpha value is -3.92. The first-order valence-electron chi connectivity index (χ1n) is 16.3. The van der Waals surface area contributed by atoms with Gasteiger partial charge in [-0.05, 0) is 79.7 Å². The van der Waals surface area contributed by atoms with E-state index in [0.717, 1.165) is 0 Å². The van der Waals surface area contributed by atoms with Crippen molar-refractivity contribution < 1.29 is 60.7 Å². The van der Waals surface area contributed by atoms with E-state index in [4.69, 9.17) is 37.6 Å². The molecule has 0 bridgehead atoms. The summed E-state index contributed by atoms with van der Waals surface area (Å²) in [6.45, 7) is 14.2. The van der Waals surface area contributed by atoms with Gasteiger partial charge in [0.1, 0.15) is 24.8 Å². The molecule has 4 aliphatic heterocycles. The molecule has 0 spiro atoms. The van der Waals surface area contributed by atoms with Crippen molar-refractivity contribution in [2.75, 3.05) is 36.1 Å². The molecule has 268 valence electrons. The lowest BCUT2D eigenvalue weighted by Gasteiger charge is -2.32. The van der Waals surface area contributed by atoms with Crippen LogP contribution in [0.1, 0.15) is 55.4 Å². The van der Waals surface area contributed by atoms with Crippen molar-refractivity contribution in [3.63, 3.8) is 0 Å². The van der Waals surface area contributed by atoms with Crippen LogP contribution >= 0.6 is 0 Å². The predicted octanol–water partition coefficient (Wildman–Crippen LogP) is 4.07. The largest absolute Gasteiger partial charge is 0.508 e. The smallest absolute Gasteiger partial charge is 0.440 e. The van der Waals surface area contributed by atoms with Gasteiger partial charge >= 0.3 is 32.6 Å². The van der Waals surface area contributed by atoms with E-state index in [1.165, 1.54) is 34.1 Å². The van der Waals surface area contributed by atoms with Crippen LogP contribution in [0, 0.1) is 11.6 Å². The van der Waals surface area contributed by atoms with Crippen molar-refractivity contribution in [2.24, 2.45) is 0 Å². The van der Waals surface area contributed by atoms with Gasteiger partial charge in [-0.3, -0.25) is 9.80 Å². The maximum absolute atomic E-state index is 15.1.